The first-order valence-electron chi connectivity index (χ1n) is 8.44. The summed E-state index contributed by atoms with van der Waals surface area (Å²) in [4.78, 5) is 25.2. The number of nitro groups is 1. The number of nitrogens with one attached hydrogen (secondary N) is 1. The first-order chi connectivity index (χ1) is 14.3. The number of nitrogens with zero attached hydrogens (tertiary/aromatic N) is 4. The van der Waals surface area contributed by atoms with E-state index in [-0.39, 0.29) is 34.5 Å². The molecular formula is C20H12FN5O4. The summed E-state index contributed by atoms with van der Waals surface area (Å²) in [6.07, 6.45) is -0.0522. The van der Waals surface area contributed by atoms with E-state index in [4.69, 9.17) is 16.6 Å². The third-order valence-electron chi connectivity index (χ3n) is 4.14. The summed E-state index contributed by atoms with van der Waals surface area (Å²) in [6, 6.07) is 9.46. The summed E-state index contributed by atoms with van der Waals surface area (Å²) < 4.78 is 20.6. The molecule has 1 N–H and O–H groups in total. The van der Waals surface area contributed by atoms with Crippen molar-refractivity contribution in [2.75, 3.05) is 0 Å². The highest BCUT2D eigenvalue weighted by atomic mass is 19.1. The van der Waals surface area contributed by atoms with E-state index in [1.54, 1.807) is 6.92 Å². The summed E-state index contributed by atoms with van der Waals surface area (Å²) in [5, 5.41) is 26.6. The van der Waals surface area contributed by atoms with Crippen molar-refractivity contribution in [1.82, 2.24) is 10.2 Å². The van der Waals surface area contributed by atoms with Gasteiger partial charge in [0.2, 0.25) is 5.75 Å². The Morgan fingerprint density at radius 1 is 1.37 bits per heavy atom. The van der Waals surface area contributed by atoms with Gasteiger partial charge >= 0.3 is 5.69 Å². The molecule has 9 nitrogen and oxygen atoms in total. The standard InChI is InChI=1S/C20H12FN5O4/c1-11-5-15(24-25-20(11)27)8-13-3-4-17(26(28)29)19(18(13)21)30-16-7-12(10-22)6-14(9-16)23-2/h3-7,9H,8H2,1H3,(H,25,27). The quantitative estimate of drug-likeness (QED) is 0.389. The molecule has 0 bridgehead atoms. The molecule has 2 aromatic carbocycles. The second kappa shape index (κ2) is 8.20. The number of aromatic nitrogens is 2. The van der Waals surface area contributed by atoms with Crippen LogP contribution in [0.5, 0.6) is 11.5 Å². The van der Waals surface area contributed by atoms with Crippen LogP contribution in [0, 0.1) is 40.8 Å². The number of ether oxygens (including phenoxy) is 1. The van der Waals surface area contributed by atoms with Gasteiger partial charge in [0.05, 0.1) is 23.3 Å². The smallest absolute Gasteiger partial charge is 0.314 e. The number of hydrogen-bond acceptors (Lipinski definition) is 6. The molecular weight excluding hydrogens is 393 g/mol. The molecule has 148 valence electrons. The summed E-state index contributed by atoms with van der Waals surface area (Å²) in [5.41, 5.74) is -0.0435. The summed E-state index contributed by atoms with van der Waals surface area (Å²) in [7, 11) is 0. The number of nitriles is 1. The van der Waals surface area contributed by atoms with Crippen LogP contribution in [0.4, 0.5) is 15.8 Å². The Balaban J connectivity index is 2.07. The average Bonchev–Trinajstić information content (AvgIpc) is 2.73. The van der Waals surface area contributed by atoms with Gasteiger partial charge < -0.3 is 4.74 Å². The number of aryl methyl sites for hydroxylation is 1. The largest absolute Gasteiger partial charge is 0.448 e. The Bertz CT molecular complexity index is 1270. The van der Waals surface area contributed by atoms with Gasteiger partial charge in [-0.15, -0.1) is 0 Å². The fourth-order valence-corrected chi connectivity index (χ4v) is 2.70. The number of H-pyrrole nitrogens is 1. The van der Waals surface area contributed by atoms with Crippen LogP contribution in [-0.2, 0) is 6.42 Å². The van der Waals surface area contributed by atoms with Crippen LogP contribution in [-0.4, -0.2) is 15.1 Å². The number of hydrogen-bond donors (Lipinski definition) is 1. The predicted molar refractivity (Wildman–Crippen MR) is 103 cm³/mol. The highest BCUT2D eigenvalue weighted by Crippen LogP contribution is 2.37. The van der Waals surface area contributed by atoms with Gasteiger partial charge in [0.15, 0.2) is 11.5 Å². The number of halogens is 1. The van der Waals surface area contributed by atoms with Gasteiger partial charge in [0.25, 0.3) is 5.56 Å². The molecule has 0 atom stereocenters. The van der Waals surface area contributed by atoms with Crippen LogP contribution in [0.15, 0.2) is 41.2 Å². The Morgan fingerprint density at radius 2 is 2.13 bits per heavy atom. The number of aromatic amines is 1. The molecule has 0 aliphatic carbocycles. The monoisotopic (exact) mass is 405 g/mol. The van der Waals surface area contributed by atoms with Gasteiger partial charge in [0, 0.05) is 23.6 Å². The molecule has 0 unspecified atom stereocenters. The normalized spacial score (nSPS) is 10.1. The summed E-state index contributed by atoms with van der Waals surface area (Å²) in [5.74, 6) is -1.72. The lowest BCUT2D eigenvalue weighted by molar-refractivity contribution is -0.385. The van der Waals surface area contributed by atoms with Gasteiger partial charge in [-0.3, -0.25) is 14.9 Å². The third-order valence-corrected chi connectivity index (χ3v) is 4.14. The lowest BCUT2D eigenvalue weighted by Crippen LogP contribution is -2.13. The SMILES string of the molecule is [C-]#[N+]c1cc(C#N)cc(Oc2c([N+](=O)[O-])ccc(Cc3cc(C)c(=O)[nH]n3)c2F)c1. The van der Waals surface area contributed by atoms with E-state index < -0.39 is 22.2 Å². The van der Waals surface area contributed by atoms with Crippen molar-refractivity contribution in [3.8, 4) is 17.6 Å². The van der Waals surface area contributed by atoms with Crippen molar-refractivity contribution < 1.29 is 14.1 Å². The van der Waals surface area contributed by atoms with Gasteiger partial charge in [-0.05, 0) is 42.8 Å². The van der Waals surface area contributed by atoms with Crippen molar-refractivity contribution in [2.24, 2.45) is 0 Å². The Labute approximate surface area is 169 Å². The predicted octanol–water partition coefficient (Wildman–Crippen LogP) is 3.93. The van der Waals surface area contributed by atoms with Crippen molar-refractivity contribution in [3.63, 3.8) is 0 Å². The van der Waals surface area contributed by atoms with Crippen molar-refractivity contribution in [1.29, 1.82) is 5.26 Å². The minimum atomic E-state index is -0.985. The molecule has 3 rings (SSSR count). The maximum atomic E-state index is 15.2. The molecule has 0 spiro atoms. The third kappa shape index (κ3) is 4.13. The van der Waals surface area contributed by atoms with Crippen LogP contribution >= 0.6 is 0 Å². The van der Waals surface area contributed by atoms with Crippen LogP contribution in [0.25, 0.3) is 4.85 Å². The van der Waals surface area contributed by atoms with E-state index >= 15 is 4.39 Å². The highest BCUT2D eigenvalue weighted by molar-refractivity contribution is 5.58. The topological polar surface area (TPSA) is 126 Å². The molecule has 10 heteroatoms. The molecule has 0 aliphatic rings. The average molecular weight is 405 g/mol. The van der Waals surface area contributed by atoms with Crippen molar-refractivity contribution >= 4 is 11.4 Å². The lowest BCUT2D eigenvalue weighted by Gasteiger charge is -2.11. The maximum absolute atomic E-state index is 15.2. The van der Waals surface area contributed by atoms with E-state index in [0.717, 1.165) is 6.07 Å². The molecule has 3 aromatic rings. The van der Waals surface area contributed by atoms with Crippen molar-refractivity contribution in [3.05, 3.63) is 96.5 Å². The minimum absolute atomic E-state index is 0.0522. The van der Waals surface area contributed by atoms with E-state index in [1.165, 1.54) is 30.3 Å². The molecule has 1 aromatic heterocycles. The zero-order valence-corrected chi connectivity index (χ0v) is 15.5. The van der Waals surface area contributed by atoms with Crippen LogP contribution < -0.4 is 10.3 Å². The van der Waals surface area contributed by atoms with Crippen LogP contribution in [0.2, 0.25) is 0 Å². The second-order valence-electron chi connectivity index (χ2n) is 6.23. The molecule has 0 radical (unpaired) electrons. The zero-order chi connectivity index (χ0) is 21.8. The van der Waals surface area contributed by atoms with Gasteiger partial charge in [-0.2, -0.15) is 10.4 Å². The first-order valence-corrected chi connectivity index (χ1v) is 8.44. The molecule has 1 heterocycles. The van der Waals surface area contributed by atoms with Gasteiger partial charge in [-0.25, -0.2) is 14.3 Å². The maximum Gasteiger partial charge on any atom is 0.314 e. The molecule has 0 aliphatic heterocycles. The van der Waals surface area contributed by atoms with Crippen LogP contribution in [0.3, 0.4) is 0 Å². The van der Waals surface area contributed by atoms with E-state index in [0.29, 0.717) is 11.3 Å². The molecule has 0 fully saturated rings. The fourth-order valence-electron chi connectivity index (χ4n) is 2.70. The van der Waals surface area contributed by atoms with Gasteiger partial charge in [-0.1, -0.05) is 0 Å². The Hall–Kier alpha value is -4.57. The molecule has 0 saturated carbocycles. The number of benzene rings is 2. The zero-order valence-electron chi connectivity index (χ0n) is 15.5. The van der Waals surface area contributed by atoms with E-state index in [2.05, 4.69) is 15.0 Å². The van der Waals surface area contributed by atoms with E-state index in [1.807, 2.05) is 6.07 Å². The molecule has 0 saturated heterocycles. The number of nitro benzene ring substituents is 1. The van der Waals surface area contributed by atoms with Crippen molar-refractivity contribution in [2.45, 2.75) is 13.3 Å². The number of rotatable bonds is 5. The second-order valence-corrected chi connectivity index (χ2v) is 6.23. The Kier molecular flexibility index (Phi) is 5.52. The minimum Gasteiger partial charge on any atom is -0.448 e. The van der Waals surface area contributed by atoms with Crippen LogP contribution in [0.1, 0.15) is 22.4 Å². The Morgan fingerprint density at radius 3 is 2.77 bits per heavy atom. The first kappa shape index (κ1) is 20.2. The summed E-state index contributed by atoms with van der Waals surface area (Å²) >= 11 is 0. The summed E-state index contributed by atoms with van der Waals surface area (Å²) in [6.45, 7) is 8.65. The lowest BCUT2D eigenvalue weighted by atomic mass is 10.1. The van der Waals surface area contributed by atoms with Gasteiger partial charge in [0.1, 0.15) is 5.75 Å². The van der Waals surface area contributed by atoms with E-state index in [9.17, 15) is 14.9 Å². The molecule has 0 amide bonds. The molecule has 30 heavy (non-hydrogen) atoms. The highest BCUT2D eigenvalue weighted by Gasteiger charge is 2.24. The fraction of sp³-hybridized carbons (Fsp3) is 0.100.